The smallest absolute Gasteiger partial charge is 0.252 e. The Balaban J connectivity index is 2.67. The highest BCUT2D eigenvalue weighted by atomic mass is 79.9. The van der Waals surface area contributed by atoms with Gasteiger partial charge in [0.1, 0.15) is 0 Å². The average Bonchev–Trinajstić information content (AvgIpc) is 2.29. The Hall–Kier alpha value is -0.870. The average molecular weight is 300 g/mol. The number of amides is 1. The van der Waals surface area contributed by atoms with Gasteiger partial charge in [0, 0.05) is 24.2 Å². The quantitative estimate of drug-likeness (QED) is 0.908. The maximum atomic E-state index is 12.0. The van der Waals surface area contributed by atoms with Gasteiger partial charge in [0.25, 0.3) is 5.91 Å². The highest BCUT2D eigenvalue weighted by Crippen LogP contribution is 2.20. The molecule has 0 heterocycles. The zero-order chi connectivity index (χ0) is 12.8. The lowest BCUT2D eigenvalue weighted by Crippen LogP contribution is -2.33. The minimum absolute atomic E-state index is 0.0517. The summed E-state index contributed by atoms with van der Waals surface area (Å²) in [6.07, 6.45) is 0.811. The van der Waals surface area contributed by atoms with Crippen LogP contribution in [-0.4, -0.2) is 25.7 Å². The molecule has 1 aromatic rings. The molecule has 0 radical (unpaired) electrons. The van der Waals surface area contributed by atoms with Crippen molar-refractivity contribution in [3.63, 3.8) is 0 Å². The van der Waals surface area contributed by atoms with Gasteiger partial charge in [-0.3, -0.25) is 4.79 Å². The van der Waals surface area contributed by atoms with Crippen molar-refractivity contribution in [3.05, 3.63) is 33.8 Å². The second-order valence-corrected chi connectivity index (χ2v) is 4.89. The molecule has 1 atom stereocenters. The summed E-state index contributed by atoms with van der Waals surface area (Å²) < 4.78 is 5.84. The Bertz CT molecular complexity index is 393. The van der Waals surface area contributed by atoms with Crippen LogP contribution in [0.2, 0.25) is 0 Å². The van der Waals surface area contributed by atoms with Crippen LogP contribution in [0, 0.1) is 6.92 Å². The van der Waals surface area contributed by atoms with Gasteiger partial charge in [-0.25, -0.2) is 0 Å². The molecule has 0 aliphatic rings. The molecule has 0 saturated carbocycles. The first kappa shape index (κ1) is 14.2. The van der Waals surface area contributed by atoms with Gasteiger partial charge < -0.3 is 10.1 Å². The molecule has 0 aliphatic carbocycles. The van der Waals surface area contributed by atoms with Crippen LogP contribution < -0.4 is 5.32 Å². The lowest BCUT2D eigenvalue weighted by molar-refractivity contribution is 0.0928. The fourth-order valence-electron chi connectivity index (χ4n) is 1.49. The molecule has 17 heavy (non-hydrogen) atoms. The van der Waals surface area contributed by atoms with Crippen LogP contribution >= 0.6 is 15.9 Å². The number of benzene rings is 1. The summed E-state index contributed by atoms with van der Waals surface area (Å²) in [7, 11) is 1.66. The molecule has 4 heteroatoms. The molecule has 1 amide bonds. The van der Waals surface area contributed by atoms with Crippen LogP contribution in [0.15, 0.2) is 22.7 Å². The zero-order valence-corrected chi connectivity index (χ0v) is 12.0. The van der Waals surface area contributed by atoms with Gasteiger partial charge in [-0.1, -0.05) is 12.1 Å². The van der Waals surface area contributed by atoms with Crippen molar-refractivity contribution in [3.8, 4) is 0 Å². The molecule has 0 spiro atoms. The Morgan fingerprint density at radius 3 is 2.88 bits per heavy atom. The topological polar surface area (TPSA) is 38.3 Å². The van der Waals surface area contributed by atoms with E-state index < -0.39 is 0 Å². The molecule has 1 N–H and O–H groups in total. The summed E-state index contributed by atoms with van der Waals surface area (Å²) in [6, 6.07) is 5.77. The summed E-state index contributed by atoms with van der Waals surface area (Å²) in [4.78, 5) is 12.0. The first-order chi connectivity index (χ1) is 8.06. The SMILES string of the molecule is COCCC(C)NC(=O)c1cccc(C)c1Br. The number of carbonyl (C=O) groups is 1. The summed E-state index contributed by atoms with van der Waals surface area (Å²) in [5.41, 5.74) is 1.73. The van der Waals surface area contributed by atoms with E-state index in [1.807, 2.05) is 32.0 Å². The molecule has 0 fully saturated rings. The van der Waals surface area contributed by atoms with Crippen molar-refractivity contribution >= 4 is 21.8 Å². The second-order valence-electron chi connectivity index (χ2n) is 4.09. The molecule has 0 bridgehead atoms. The van der Waals surface area contributed by atoms with Gasteiger partial charge in [-0.2, -0.15) is 0 Å². The van der Waals surface area contributed by atoms with E-state index in [2.05, 4.69) is 21.2 Å². The lowest BCUT2D eigenvalue weighted by atomic mass is 10.1. The first-order valence-electron chi connectivity index (χ1n) is 5.61. The number of hydrogen-bond donors (Lipinski definition) is 1. The van der Waals surface area contributed by atoms with Gasteiger partial charge in [0.15, 0.2) is 0 Å². The highest BCUT2D eigenvalue weighted by molar-refractivity contribution is 9.10. The zero-order valence-electron chi connectivity index (χ0n) is 10.4. The van der Waals surface area contributed by atoms with E-state index in [9.17, 15) is 4.79 Å². The van der Waals surface area contributed by atoms with Crippen LogP contribution in [0.4, 0.5) is 0 Å². The minimum atomic E-state index is -0.0517. The number of halogens is 1. The molecule has 1 aromatic carbocycles. The Morgan fingerprint density at radius 2 is 2.24 bits per heavy atom. The number of methoxy groups -OCH3 is 1. The van der Waals surface area contributed by atoms with E-state index in [1.165, 1.54) is 0 Å². The molecule has 0 saturated heterocycles. The number of carbonyl (C=O) groups excluding carboxylic acids is 1. The minimum Gasteiger partial charge on any atom is -0.385 e. The highest BCUT2D eigenvalue weighted by Gasteiger charge is 2.13. The van der Waals surface area contributed by atoms with Crippen molar-refractivity contribution in [1.29, 1.82) is 0 Å². The second kappa shape index (κ2) is 6.77. The third-order valence-corrected chi connectivity index (χ3v) is 3.62. The van der Waals surface area contributed by atoms with Gasteiger partial charge in [0.2, 0.25) is 0 Å². The summed E-state index contributed by atoms with van der Waals surface area (Å²) >= 11 is 3.44. The number of hydrogen-bond acceptors (Lipinski definition) is 2. The van der Waals surface area contributed by atoms with Gasteiger partial charge in [-0.05, 0) is 47.8 Å². The predicted octanol–water partition coefficient (Wildman–Crippen LogP) is 2.91. The van der Waals surface area contributed by atoms with Crippen LogP contribution in [-0.2, 0) is 4.74 Å². The largest absolute Gasteiger partial charge is 0.385 e. The molecule has 3 nitrogen and oxygen atoms in total. The predicted molar refractivity (Wildman–Crippen MR) is 72.3 cm³/mol. The molecular weight excluding hydrogens is 282 g/mol. The van der Waals surface area contributed by atoms with Crippen LogP contribution in [0.25, 0.3) is 0 Å². The van der Waals surface area contributed by atoms with Crippen molar-refractivity contribution in [2.24, 2.45) is 0 Å². The lowest BCUT2D eigenvalue weighted by Gasteiger charge is -2.14. The maximum Gasteiger partial charge on any atom is 0.252 e. The summed E-state index contributed by atoms with van der Waals surface area (Å²) in [5, 5.41) is 2.95. The van der Waals surface area contributed by atoms with Gasteiger partial charge >= 0.3 is 0 Å². The third kappa shape index (κ3) is 4.13. The van der Waals surface area contributed by atoms with Crippen LogP contribution in [0.3, 0.4) is 0 Å². The monoisotopic (exact) mass is 299 g/mol. The standard InChI is InChI=1S/C13H18BrNO2/c1-9-5-4-6-11(12(9)14)13(16)15-10(2)7-8-17-3/h4-6,10H,7-8H2,1-3H3,(H,15,16). The fraction of sp³-hybridized carbons (Fsp3) is 0.462. The van der Waals surface area contributed by atoms with Crippen molar-refractivity contribution < 1.29 is 9.53 Å². The maximum absolute atomic E-state index is 12.0. The summed E-state index contributed by atoms with van der Waals surface area (Å²) in [6.45, 7) is 4.59. The number of ether oxygens (including phenoxy) is 1. The van der Waals surface area contributed by atoms with Gasteiger partial charge in [-0.15, -0.1) is 0 Å². The van der Waals surface area contributed by atoms with E-state index >= 15 is 0 Å². The van der Waals surface area contributed by atoms with Crippen molar-refractivity contribution in [2.45, 2.75) is 26.3 Å². The normalized spacial score (nSPS) is 12.2. The van der Waals surface area contributed by atoms with E-state index in [0.717, 1.165) is 16.5 Å². The Labute approximate surface area is 111 Å². The fourth-order valence-corrected chi connectivity index (χ4v) is 1.94. The molecule has 0 aliphatic heterocycles. The van der Waals surface area contributed by atoms with E-state index in [4.69, 9.17) is 4.74 Å². The van der Waals surface area contributed by atoms with Crippen molar-refractivity contribution in [1.82, 2.24) is 5.32 Å². The summed E-state index contributed by atoms with van der Waals surface area (Å²) in [5.74, 6) is -0.0517. The van der Waals surface area contributed by atoms with Gasteiger partial charge in [0.05, 0.1) is 5.56 Å². The van der Waals surface area contributed by atoms with Crippen LogP contribution in [0.1, 0.15) is 29.3 Å². The van der Waals surface area contributed by atoms with E-state index in [0.29, 0.717) is 12.2 Å². The molecule has 1 unspecified atom stereocenters. The third-order valence-electron chi connectivity index (χ3n) is 2.57. The molecule has 94 valence electrons. The number of nitrogens with one attached hydrogen (secondary N) is 1. The first-order valence-corrected chi connectivity index (χ1v) is 6.40. The number of rotatable bonds is 5. The molecular formula is C13H18BrNO2. The Morgan fingerprint density at radius 1 is 1.53 bits per heavy atom. The molecule has 1 rings (SSSR count). The van der Waals surface area contributed by atoms with Crippen molar-refractivity contribution in [2.75, 3.05) is 13.7 Å². The molecule has 0 aromatic heterocycles. The van der Waals surface area contributed by atoms with Crippen LogP contribution in [0.5, 0.6) is 0 Å². The van der Waals surface area contributed by atoms with E-state index in [1.54, 1.807) is 7.11 Å². The van der Waals surface area contributed by atoms with E-state index in [-0.39, 0.29) is 11.9 Å². The Kier molecular flexibility index (Phi) is 5.65. The number of aryl methyl sites for hydroxylation is 1.